The van der Waals surface area contributed by atoms with Crippen molar-refractivity contribution in [2.45, 2.75) is 0 Å². The summed E-state index contributed by atoms with van der Waals surface area (Å²) in [5, 5.41) is 10.9. The largest absolute Gasteiger partial charge is 0.486 e. The molecule has 0 fully saturated rings. The van der Waals surface area contributed by atoms with Crippen molar-refractivity contribution in [2.24, 2.45) is 0 Å². The average molecular weight is 234 g/mol. The lowest BCUT2D eigenvalue weighted by molar-refractivity contribution is -0.385. The molecular weight excluding hydrogens is 226 g/mol. The van der Waals surface area contributed by atoms with Gasteiger partial charge in [0, 0.05) is 16.8 Å². The van der Waals surface area contributed by atoms with E-state index in [0.717, 1.165) is 0 Å². The number of nitro groups is 1. The number of hydrogen-bond acceptors (Lipinski definition) is 4. The van der Waals surface area contributed by atoms with E-state index in [2.05, 4.69) is 12.6 Å². The highest BCUT2D eigenvalue weighted by Gasteiger charge is 2.14. The van der Waals surface area contributed by atoms with Crippen molar-refractivity contribution >= 4 is 29.9 Å². The van der Waals surface area contributed by atoms with Crippen molar-refractivity contribution < 1.29 is 9.66 Å². The van der Waals surface area contributed by atoms with E-state index >= 15 is 0 Å². The van der Waals surface area contributed by atoms with Crippen LogP contribution < -0.4 is 4.74 Å². The molecule has 0 saturated heterocycles. The fourth-order valence-electron chi connectivity index (χ4n) is 0.911. The maximum absolute atomic E-state index is 10.6. The minimum atomic E-state index is -0.528. The first kappa shape index (κ1) is 11.1. The minimum Gasteiger partial charge on any atom is -0.486 e. The van der Waals surface area contributed by atoms with E-state index in [0.29, 0.717) is 17.4 Å². The molecule has 0 amide bonds. The molecule has 76 valence electrons. The van der Waals surface area contributed by atoms with E-state index in [4.69, 9.17) is 16.3 Å². The SMILES string of the molecule is O=[N+]([O-])c1cc(Cl)ccc1OCCS. The van der Waals surface area contributed by atoms with Gasteiger partial charge in [-0.1, -0.05) is 11.6 Å². The van der Waals surface area contributed by atoms with Gasteiger partial charge in [0.2, 0.25) is 0 Å². The molecule has 14 heavy (non-hydrogen) atoms. The second-order valence-electron chi connectivity index (χ2n) is 2.44. The third-order valence-corrected chi connectivity index (χ3v) is 1.88. The summed E-state index contributed by atoms with van der Waals surface area (Å²) in [6.07, 6.45) is 0. The molecule has 0 heterocycles. The smallest absolute Gasteiger partial charge is 0.312 e. The van der Waals surface area contributed by atoms with Gasteiger partial charge in [-0.15, -0.1) is 0 Å². The van der Waals surface area contributed by atoms with Crippen LogP contribution in [0.5, 0.6) is 5.75 Å². The topological polar surface area (TPSA) is 52.4 Å². The van der Waals surface area contributed by atoms with Gasteiger partial charge in [-0.25, -0.2) is 0 Å². The molecule has 0 unspecified atom stereocenters. The van der Waals surface area contributed by atoms with Crippen molar-refractivity contribution in [3.63, 3.8) is 0 Å². The lowest BCUT2D eigenvalue weighted by Gasteiger charge is -2.04. The van der Waals surface area contributed by atoms with E-state index in [1.165, 1.54) is 12.1 Å². The van der Waals surface area contributed by atoms with Gasteiger partial charge in [0.05, 0.1) is 11.5 Å². The predicted octanol–water partition coefficient (Wildman–Crippen LogP) is 2.56. The number of rotatable bonds is 4. The molecular formula is C8H8ClNO3S. The van der Waals surface area contributed by atoms with Gasteiger partial charge in [0.15, 0.2) is 5.75 Å². The normalized spacial score (nSPS) is 9.86. The highest BCUT2D eigenvalue weighted by Crippen LogP contribution is 2.29. The van der Waals surface area contributed by atoms with Gasteiger partial charge in [0.25, 0.3) is 0 Å². The molecule has 0 aromatic heterocycles. The zero-order valence-corrected chi connectivity index (χ0v) is 8.79. The number of halogens is 1. The van der Waals surface area contributed by atoms with Crippen molar-refractivity contribution in [3.05, 3.63) is 33.3 Å². The summed E-state index contributed by atoms with van der Waals surface area (Å²) in [7, 11) is 0. The third kappa shape index (κ3) is 2.78. The van der Waals surface area contributed by atoms with Crippen LogP contribution in [0.15, 0.2) is 18.2 Å². The molecule has 0 spiro atoms. The highest BCUT2D eigenvalue weighted by molar-refractivity contribution is 7.80. The summed E-state index contributed by atoms with van der Waals surface area (Å²) >= 11 is 9.56. The molecule has 0 aliphatic rings. The lowest BCUT2D eigenvalue weighted by Crippen LogP contribution is -2.01. The third-order valence-electron chi connectivity index (χ3n) is 1.47. The van der Waals surface area contributed by atoms with Crippen molar-refractivity contribution in [1.82, 2.24) is 0 Å². The summed E-state index contributed by atoms with van der Waals surface area (Å²) in [6.45, 7) is 0.325. The summed E-state index contributed by atoms with van der Waals surface area (Å²) < 4.78 is 5.13. The van der Waals surface area contributed by atoms with Crippen LogP contribution in [0.3, 0.4) is 0 Å². The van der Waals surface area contributed by atoms with Crippen LogP contribution in [0, 0.1) is 10.1 Å². The van der Waals surface area contributed by atoms with Crippen LogP contribution in [0.25, 0.3) is 0 Å². The summed E-state index contributed by atoms with van der Waals surface area (Å²) in [4.78, 5) is 10.1. The first-order valence-electron chi connectivity index (χ1n) is 3.82. The van der Waals surface area contributed by atoms with Crippen LogP contribution in [0.4, 0.5) is 5.69 Å². The molecule has 0 aliphatic heterocycles. The Bertz CT molecular complexity index is 345. The number of thiol groups is 1. The van der Waals surface area contributed by atoms with E-state index in [1.807, 2.05) is 0 Å². The molecule has 1 rings (SSSR count). The Morgan fingerprint density at radius 1 is 1.57 bits per heavy atom. The van der Waals surface area contributed by atoms with E-state index < -0.39 is 4.92 Å². The summed E-state index contributed by atoms with van der Waals surface area (Å²) in [5.41, 5.74) is -0.126. The quantitative estimate of drug-likeness (QED) is 0.494. The first-order valence-corrected chi connectivity index (χ1v) is 4.84. The zero-order chi connectivity index (χ0) is 10.6. The molecule has 0 atom stereocenters. The number of nitrogens with zero attached hydrogens (tertiary/aromatic N) is 1. The van der Waals surface area contributed by atoms with Gasteiger partial charge in [-0.05, 0) is 12.1 Å². The van der Waals surface area contributed by atoms with Gasteiger partial charge in [-0.3, -0.25) is 10.1 Å². The van der Waals surface area contributed by atoms with Gasteiger partial charge < -0.3 is 4.74 Å². The lowest BCUT2D eigenvalue weighted by atomic mass is 10.3. The molecule has 0 N–H and O–H groups in total. The maximum Gasteiger partial charge on any atom is 0.312 e. The van der Waals surface area contributed by atoms with Gasteiger partial charge in [-0.2, -0.15) is 12.6 Å². The maximum atomic E-state index is 10.6. The molecule has 0 aliphatic carbocycles. The van der Waals surface area contributed by atoms with Crippen LogP contribution in [-0.2, 0) is 0 Å². The van der Waals surface area contributed by atoms with Crippen molar-refractivity contribution in [3.8, 4) is 5.75 Å². The van der Waals surface area contributed by atoms with Gasteiger partial charge >= 0.3 is 5.69 Å². The first-order chi connectivity index (χ1) is 6.65. The molecule has 4 nitrogen and oxygen atoms in total. The standard InChI is InChI=1S/C8H8ClNO3S/c9-6-1-2-8(13-3-4-14)7(5-6)10(11)12/h1-2,5,14H,3-4H2. The fraction of sp³-hybridized carbons (Fsp3) is 0.250. The monoisotopic (exact) mass is 233 g/mol. The molecule has 0 saturated carbocycles. The Kier molecular flexibility index (Phi) is 4.03. The molecule has 0 bridgehead atoms. The fourth-order valence-corrected chi connectivity index (χ4v) is 1.17. The van der Waals surface area contributed by atoms with Crippen molar-refractivity contribution in [2.75, 3.05) is 12.4 Å². The minimum absolute atomic E-state index is 0.126. The number of hydrogen-bond donors (Lipinski definition) is 1. The van der Waals surface area contributed by atoms with Crippen LogP contribution >= 0.6 is 24.2 Å². The Balaban J connectivity index is 2.96. The number of nitro benzene ring substituents is 1. The summed E-state index contributed by atoms with van der Waals surface area (Å²) in [5.74, 6) is 0.716. The second kappa shape index (κ2) is 5.07. The highest BCUT2D eigenvalue weighted by atomic mass is 35.5. The molecule has 1 aromatic carbocycles. The van der Waals surface area contributed by atoms with E-state index in [1.54, 1.807) is 6.07 Å². The summed E-state index contributed by atoms with van der Waals surface area (Å²) in [6, 6.07) is 4.28. The van der Waals surface area contributed by atoms with Crippen LogP contribution in [-0.4, -0.2) is 17.3 Å². The molecule has 0 radical (unpaired) electrons. The number of benzene rings is 1. The van der Waals surface area contributed by atoms with Crippen LogP contribution in [0.2, 0.25) is 5.02 Å². The number of ether oxygens (including phenoxy) is 1. The Morgan fingerprint density at radius 2 is 2.29 bits per heavy atom. The Hall–Kier alpha value is -0.940. The Labute approximate surface area is 91.4 Å². The molecule has 1 aromatic rings. The second-order valence-corrected chi connectivity index (χ2v) is 3.32. The van der Waals surface area contributed by atoms with E-state index in [-0.39, 0.29) is 11.4 Å². The van der Waals surface area contributed by atoms with Gasteiger partial charge in [0.1, 0.15) is 0 Å². The Morgan fingerprint density at radius 3 is 2.86 bits per heavy atom. The zero-order valence-electron chi connectivity index (χ0n) is 7.14. The molecule has 6 heteroatoms. The van der Waals surface area contributed by atoms with Crippen molar-refractivity contribution in [1.29, 1.82) is 0 Å². The van der Waals surface area contributed by atoms with Crippen LogP contribution in [0.1, 0.15) is 0 Å². The van der Waals surface area contributed by atoms with E-state index in [9.17, 15) is 10.1 Å². The average Bonchev–Trinajstić information content (AvgIpc) is 2.15. The predicted molar refractivity (Wildman–Crippen MR) is 57.5 cm³/mol.